The lowest BCUT2D eigenvalue weighted by Crippen LogP contribution is -2.42. The van der Waals surface area contributed by atoms with Crippen LogP contribution in [-0.2, 0) is 6.42 Å². The Morgan fingerprint density at radius 2 is 2.28 bits per heavy atom. The van der Waals surface area contributed by atoms with Gasteiger partial charge in [-0.1, -0.05) is 34.5 Å². The Morgan fingerprint density at radius 3 is 3.00 bits per heavy atom. The molecule has 0 aromatic heterocycles. The van der Waals surface area contributed by atoms with Gasteiger partial charge in [0, 0.05) is 23.6 Å². The summed E-state index contributed by atoms with van der Waals surface area (Å²) in [6, 6.07) is 9.32. The van der Waals surface area contributed by atoms with E-state index >= 15 is 0 Å². The molecule has 1 aliphatic rings. The highest BCUT2D eigenvalue weighted by molar-refractivity contribution is 9.10. The number of rotatable bonds is 5. The number of benzene rings is 1. The average Bonchev–Trinajstić information content (AvgIpc) is 2.38. The molecule has 1 aromatic rings. The number of hydrogen-bond donors (Lipinski definition) is 1. The van der Waals surface area contributed by atoms with E-state index in [2.05, 4.69) is 57.5 Å². The molecule has 0 saturated carbocycles. The van der Waals surface area contributed by atoms with Gasteiger partial charge in [0.1, 0.15) is 0 Å². The minimum Gasteiger partial charge on any atom is -0.313 e. The van der Waals surface area contributed by atoms with Crippen LogP contribution in [0.5, 0.6) is 0 Å². The smallest absolute Gasteiger partial charge is 0.0194 e. The van der Waals surface area contributed by atoms with Crippen molar-refractivity contribution in [3.05, 3.63) is 34.3 Å². The highest BCUT2D eigenvalue weighted by Crippen LogP contribution is 2.13. The second kappa shape index (κ2) is 7.27. The molecule has 18 heavy (non-hydrogen) atoms. The van der Waals surface area contributed by atoms with Crippen molar-refractivity contribution < 1.29 is 0 Å². The topological polar surface area (TPSA) is 15.3 Å². The zero-order valence-corrected chi connectivity index (χ0v) is 12.7. The highest BCUT2D eigenvalue weighted by atomic mass is 79.9. The van der Waals surface area contributed by atoms with Crippen LogP contribution in [0.15, 0.2) is 28.7 Å². The summed E-state index contributed by atoms with van der Waals surface area (Å²) in [5.41, 5.74) is 1.41. The van der Waals surface area contributed by atoms with E-state index in [1.807, 2.05) is 0 Å². The van der Waals surface area contributed by atoms with E-state index in [0.717, 1.165) is 13.0 Å². The first-order valence-electron chi connectivity index (χ1n) is 6.90. The van der Waals surface area contributed by atoms with Gasteiger partial charge in [-0.15, -0.1) is 0 Å². The molecule has 2 rings (SSSR count). The summed E-state index contributed by atoms with van der Waals surface area (Å²) in [6.45, 7) is 3.51. The van der Waals surface area contributed by atoms with Crippen LogP contribution < -0.4 is 5.32 Å². The third kappa shape index (κ3) is 4.71. The third-order valence-electron chi connectivity index (χ3n) is 3.62. The molecule has 1 aromatic carbocycles. The number of halogens is 1. The van der Waals surface area contributed by atoms with Crippen molar-refractivity contribution in [2.24, 2.45) is 0 Å². The Hall–Kier alpha value is -0.380. The molecule has 0 bridgehead atoms. The van der Waals surface area contributed by atoms with Crippen molar-refractivity contribution in [3.63, 3.8) is 0 Å². The van der Waals surface area contributed by atoms with Gasteiger partial charge >= 0.3 is 0 Å². The van der Waals surface area contributed by atoms with Gasteiger partial charge in [-0.2, -0.15) is 0 Å². The molecule has 0 radical (unpaired) electrons. The van der Waals surface area contributed by atoms with Gasteiger partial charge in [0.05, 0.1) is 0 Å². The van der Waals surface area contributed by atoms with Crippen molar-refractivity contribution in [1.82, 2.24) is 10.2 Å². The van der Waals surface area contributed by atoms with Crippen molar-refractivity contribution in [3.8, 4) is 0 Å². The van der Waals surface area contributed by atoms with Crippen LogP contribution in [0.1, 0.15) is 24.8 Å². The Balaban J connectivity index is 1.72. The fourth-order valence-electron chi connectivity index (χ4n) is 2.56. The Labute approximate surface area is 119 Å². The molecular weight excluding hydrogens is 288 g/mol. The fraction of sp³-hybridized carbons (Fsp3) is 0.600. The summed E-state index contributed by atoms with van der Waals surface area (Å²) in [7, 11) is 2.23. The Kier molecular flexibility index (Phi) is 5.67. The van der Waals surface area contributed by atoms with Gasteiger partial charge in [0.2, 0.25) is 0 Å². The van der Waals surface area contributed by atoms with Crippen molar-refractivity contribution in [2.75, 3.05) is 26.7 Å². The molecule has 1 heterocycles. The van der Waals surface area contributed by atoms with E-state index in [1.54, 1.807) is 0 Å². The van der Waals surface area contributed by atoms with Gasteiger partial charge < -0.3 is 10.2 Å². The lowest BCUT2D eigenvalue weighted by atomic mass is 10.0. The van der Waals surface area contributed by atoms with Crippen LogP contribution in [0.4, 0.5) is 0 Å². The summed E-state index contributed by atoms with van der Waals surface area (Å²) in [5.74, 6) is 0. The molecule has 1 atom stereocenters. The first-order valence-corrected chi connectivity index (χ1v) is 7.70. The maximum absolute atomic E-state index is 3.61. The van der Waals surface area contributed by atoms with E-state index in [0.29, 0.717) is 6.04 Å². The molecule has 1 unspecified atom stereocenters. The van der Waals surface area contributed by atoms with E-state index in [4.69, 9.17) is 0 Å². The van der Waals surface area contributed by atoms with Crippen LogP contribution in [0.25, 0.3) is 0 Å². The van der Waals surface area contributed by atoms with Crippen LogP contribution in [0, 0.1) is 0 Å². The van der Waals surface area contributed by atoms with E-state index in [1.165, 1.54) is 42.4 Å². The lowest BCUT2D eigenvalue weighted by Gasteiger charge is -2.28. The molecule has 1 fully saturated rings. The largest absolute Gasteiger partial charge is 0.313 e. The molecular formula is C15H23BrN2. The predicted molar refractivity (Wildman–Crippen MR) is 81.0 cm³/mol. The van der Waals surface area contributed by atoms with Gasteiger partial charge in [-0.05, 0) is 50.6 Å². The molecule has 0 amide bonds. The van der Waals surface area contributed by atoms with E-state index in [-0.39, 0.29) is 0 Å². The SMILES string of the molecule is CN(CCc1cccc(Br)c1)CC1CCCCN1. The van der Waals surface area contributed by atoms with Gasteiger partial charge in [0.15, 0.2) is 0 Å². The van der Waals surface area contributed by atoms with Gasteiger partial charge in [0.25, 0.3) is 0 Å². The molecule has 0 spiro atoms. The highest BCUT2D eigenvalue weighted by Gasteiger charge is 2.14. The second-order valence-electron chi connectivity index (χ2n) is 5.29. The predicted octanol–water partition coefficient (Wildman–Crippen LogP) is 3.07. The van der Waals surface area contributed by atoms with Crippen LogP contribution in [0.3, 0.4) is 0 Å². The maximum atomic E-state index is 3.61. The zero-order valence-electron chi connectivity index (χ0n) is 11.2. The summed E-state index contributed by atoms with van der Waals surface area (Å²) in [6.07, 6.45) is 5.19. The summed E-state index contributed by atoms with van der Waals surface area (Å²) < 4.78 is 1.18. The van der Waals surface area contributed by atoms with Gasteiger partial charge in [-0.3, -0.25) is 0 Å². The fourth-order valence-corrected chi connectivity index (χ4v) is 3.01. The van der Waals surface area contributed by atoms with Crippen molar-refractivity contribution in [2.45, 2.75) is 31.7 Å². The number of piperidine rings is 1. The number of likely N-dealkylation sites (N-methyl/N-ethyl adjacent to an activating group) is 1. The molecule has 2 nitrogen and oxygen atoms in total. The van der Waals surface area contributed by atoms with Crippen LogP contribution in [-0.4, -0.2) is 37.6 Å². The molecule has 0 aliphatic carbocycles. The zero-order chi connectivity index (χ0) is 12.8. The molecule has 3 heteroatoms. The van der Waals surface area contributed by atoms with E-state index < -0.39 is 0 Å². The molecule has 100 valence electrons. The molecule has 1 N–H and O–H groups in total. The first kappa shape index (κ1) is 14.0. The van der Waals surface area contributed by atoms with Crippen molar-refractivity contribution in [1.29, 1.82) is 0 Å². The van der Waals surface area contributed by atoms with Crippen LogP contribution in [0.2, 0.25) is 0 Å². The minimum atomic E-state index is 0.700. The third-order valence-corrected chi connectivity index (χ3v) is 4.11. The number of hydrogen-bond acceptors (Lipinski definition) is 2. The minimum absolute atomic E-state index is 0.700. The maximum Gasteiger partial charge on any atom is 0.0194 e. The van der Waals surface area contributed by atoms with Crippen molar-refractivity contribution >= 4 is 15.9 Å². The average molecular weight is 311 g/mol. The first-order chi connectivity index (χ1) is 8.74. The van der Waals surface area contributed by atoms with Gasteiger partial charge in [-0.25, -0.2) is 0 Å². The monoisotopic (exact) mass is 310 g/mol. The molecule has 1 saturated heterocycles. The number of nitrogens with one attached hydrogen (secondary N) is 1. The Morgan fingerprint density at radius 1 is 1.39 bits per heavy atom. The summed E-state index contributed by atoms with van der Waals surface area (Å²) in [5, 5.41) is 3.61. The normalized spacial score (nSPS) is 20.3. The Bertz CT molecular complexity index is 361. The summed E-state index contributed by atoms with van der Waals surface area (Å²) in [4.78, 5) is 2.45. The lowest BCUT2D eigenvalue weighted by molar-refractivity contribution is 0.264. The number of nitrogens with zero attached hydrogens (tertiary/aromatic N) is 1. The summed E-state index contributed by atoms with van der Waals surface area (Å²) >= 11 is 3.53. The quantitative estimate of drug-likeness (QED) is 0.899. The van der Waals surface area contributed by atoms with E-state index in [9.17, 15) is 0 Å². The second-order valence-corrected chi connectivity index (χ2v) is 6.20. The molecule has 1 aliphatic heterocycles. The van der Waals surface area contributed by atoms with Crippen LogP contribution >= 0.6 is 15.9 Å². The standard InChI is InChI=1S/C15H23BrN2/c1-18(12-15-7-2-3-9-17-15)10-8-13-5-4-6-14(16)11-13/h4-6,11,15,17H,2-3,7-10,12H2,1H3.